The lowest BCUT2D eigenvalue weighted by Gasteiger charge is -2.17. The van der Waals surface area contributed by atoms with Gasteiger partial charge in [-0.15, -0.1) is 0 Å². The van der Waals surface area contributed by atoms with E-state index in [2.05, 4.69) is 37.0 Å². The summed E-state index contributed by atoms with van der Waals surface area (Å²) in [5.41, 5.74) is 4.24. The van der Waals surface area contributed by atoms with Gasteiger partial charge in [0.05, 0.1) is 0 Å². The lowest BCUT2D eigenvalue weighted by Crippen LogP contribution is -2.07. The third-order valence-corrected chi connectivity index (χ3v) is 3.26. The van der Waals surface area contributed by atoms with Crippen molar-refractivity contribution >= 4 is 0 Å². The fourth-order valence-corrected chi connectivity index (χ4v) is 2.08. The highest BCUT2D eigenvalue weighted by Crippen LogP contribution is 2.23. The number of benzene rings is 1. The summed E-state index contributed by atoms with van der Waals surface area (Å²) in [5.74, 6) is 6.55. The molecule has 0 fully saturated rings. The summed E-state index contributed by atoms with van der Waals surface area (Å²) >= 11 is 0. The molecular formula is C16H20. The van der Waals surface area contributed by atoms with Gasteiger partial charge in [0.15, 0.2) is 0 Å². The van der Waals surface area contributed by atoms with Crippen molar-refractivity contribution in [3.05, 3.63) is 34.9 Å². The minimum atomic E-state index is 1.05. The second kappa shape index (κ2) is 5.75. The highest BCUT2D eigenvalue weighted by Gasteiger charge is 2.11. The van der Waals surface area contributed by atoms with E-state index in [-0.39, 0.29) is 0 Å². The first kappa shape index (κ1) is 11.3. The van der Waals surface area contributed by atoms with Crippen LogP contribution >= 0.6 is 0 Å². The summed E-state index contributed by atoms with van der Waals surface area (Å²) in [5, 5.41) is 0. The highest BCUT2D eigenvalue weighted by atomic mass is 14.2. The van der Waals surface area contributed by atoms with Crippen LogP contribution in [0.5, 0.6) is 0 Å². The first-order valence-electron chi connectivity index (χ1n) is 6.51. The topological polar surface area (TPSA) is 0 Å². The monoisotopic (exact) mass is 212 g/mol. The fourth-order valence-electron chi connectivity index (χ4n) is 2.08. The number of fused-ring (bicyclic) bond motifs is 1. The van der Waals surface area contributed by atoms with E-state index >= 15 is 0 Å². The van der Waals surface area contributed by atoms with E-state index < -0.39 is 0 Å². The maximum atomic E-state index is 3.28. The SMILES string of the molecule is CCCCCCC#Cc1ccc2c(c1)CC2. The molecular weight excluding hydrogens is 192 g/mol. The first-order valence-corrected chi connectivity index (χ1v) is 6.51. The van der Waals surface area contributed by atoms with Crippen molar-refractivity contribution in [3.63, 3.8) is 0 Å². The number of hydrogen-bond acceptors (Lipinski definition) is 0. The van der Waals surface area contributed by atoms with Crippen molar-refractivity contribution in [2.75, 3.05) is 0 Å². The molecule has 0 amide bonds. The van der Waals surface area contributed by atoms with Crippen LogP contribution in [0.1, 0.15) is 55.7 Å². The van der Waals surface area contributed by atoms with Gasteiger partial charge in [-0.3, -0.25) is 0 Å². The molecule has 0 aliphatic heterocycles. The minimum Gasteiger partial charge on any atom is -0.0979 e. The van der Waals surface area contributed by atoms with Gasteiger partial charge in [-0.25, -0.2) is 0 Å². The second-order valence-electron chi connectivity index (χ2n) is 4.60. The molecule has 0 saturated heterocycles. The molecule has 0 spiro atoms. The molecule has 0 bridgehead atoms. The molecule has 1 aromatic carbocycles. The van der Waals surface area contributed by atoms with Crippen molar-refractivity contribution < 1.29 is 0 Å². The van der Waals surface area contributed by atoms with Crippen LogP contribution in [0.2, 0.25) is 0 Å². The van der Waals surface area contributed by atoms with Gasteiger partial charge < -0.3 is 0 Å². The zero-order valence-corrected chi connectivity index (χ0v) is 10.2. The summed E-state index contributed by atoms with van der Waals surface area (Å²) in [6, 6.07) is 6.66. The van der Waals surface area contributed by atoms with E-state index in [0.29, 0.717) is 0 Å². The average Bonchev–Trinajstić information content (AvgIpc) is 2.26. The molecule has 1 aliphatic carbocycles. The molecule has 0 heterocycles. The highest BCUT2D eigenvalue weighted by molar-refractivity contribution is 5.44. The third-order valence-electron chi connectivity index (χ3n) is 3.26. The van der Waals surface area contributed by atoms with Crippen LogP contribution in [0.25, 0.3) is 0 Å². The van der Waals surface area contributed by atoms with Crippen molar-refractivity contribution in [2.24, 2.45) is 0 Å². The van der Waals surface area contributed by atoms with Gasteiger partial charge in [0.2, 0.25) is 0 Å². The van der Waals surface area contributed by atoms with Crippen LogP contribution < -0.4 is 0 Å². The molecule has 1 aliphatic rings. The molecule has 16 heavy (non-hydrogen) atoms. The molecule has 1 aromatic rings. The minimum absolute atomic E-state index is 1.05. The van der Waals surface area contributed by atoms with Crippen molar-refractivity contribution in [1.29, 1.82) is 0 Å². The zero-order valence-electron chi connectivity index (χ0n) is 10.2. The van der Waals surface area contributed by atoms with Crippen molar-refractivity contribution in [1.82, 2.24) is 0 Å². The van der Waals surface area contributed by atoms with Crippen molar-refractivity contribution in [2.45, 2.75) is 51.9 Å². The van der Waals surface area contributed by atoms with E-state index in [0.717, 1.165) is 6.42 Å². The van der Waals surface area contributed by atoms with Gasteiger partial charge in [0, 0.05) is 12.0 Å². The zero-order chi connectivity index (χ0) is 11.2. The summed E-state index contributed by atoms with van der Waals surface area (Å²) in [6.45, 7) is 2.24. The number of hydrogen-bond donors (Lipinski definition) is 0. The van der Waals surface area contributed by atoms with Crippen LogP contribution in [0.15, 0.2) is 18.2 Å². The molecule has 0 radical (unpaired) electrons. The Hall–Kier alpha value is -1.22. The van der Waals surface area contributed by atoms with Gasteiger partial charge in [-0.2, -0.15) is 0 Å². The Kier molecular flexibility index (Phi) is 4.05. The molecule has 0 unspecified atom stereocenters. The van der Waals surface area contributed by atoms with Crippen molar-refractivity contribution in [3.8, 4) is 11.8 Å². The molecule has 0 nitrogen and oxygen atoms in total. The predicted molar refractivity (Wildman–Crippen MR) is 69.5 cm³/mol. The van der Waals surface area contributed by atoms with Gasteiger partial charge >= 0.3 is 0 Å². The van der Waals surface area contributed by atoms with Crippen LogP contribution in [-0.4, -0.2) is 0 Å². The number of unbranched alkanes of at least 4 members (excludes halogenated alkanes) is 4. The predicted octanol–water partition coefficient (Wildman–Crippen LogP) is 4.11. The lowest BCUT2D eigenvalue weighted by molar-refractivity contribution is 0.679. The Bertz CT molecular complexity index is 404. The Balaban J connectivity index is 1.80. The molecule has 0 saturated carbocycles. The van der Waals surface area contributed by atoms with E-state index in [1.807, 2.05) is 0 Å². The second-order valence-corrected chi connectivity index (χ2v) is 4.60. The van der Waals surface area contributed by atoms with Gasteiger partial charge in [0.25, 0.3) is 0 Å². The first-order chi connectivity index (χ1) is 7.90. The molecule has 0 N–H and O–H groups in total. The van der Waals surface area contributed by atoms with Crippen LogP contribution in [0, 0.1) is 11.8 Å². The van der Waals surface area contributed by atoms with E-state index in [9.17, 15) is 0 Å². The van der Waals surface area contributed by atoms with Gasteiger partial charge in [-0.1, -0.05) is 44.1 Å². The third kappa shape index (κ3) is 2.89. The van der Waals surface area contributed by atoms with Crippen LogP contribution in [-0.2, 0) is 12.8 Å². The quantitative estimate of drug-likeness (QED) is 0.520. The fraction of sp³-hybridized carbons (Fsp3) is 0.500. The number of aryl methyl sites for hydroxylation is 2. The van der Waals surface area contributed by atoms with E-state index in [1.54, 1.807) is 0 Å². The maximum Gasteiger partial charge on any atom is 0.0248 e. The standard InChI is InChI=1S/C16H20/c1-2-3-4-5-6-7-8-14-9-10-15-11-12-16(15)13-14/h9-10,13H,2-6,11-12H2,1H3. The van der Waals surface area contributed by atoms with Crippen LogP contribution in [0.4, 0.5) is 0 Å². The summed E-state index contributed by atoms with van der Waals surface area (Å²) < 4.78 is 0. The van der Waals surface area contributed by atoms with Crippen LogP contribution in [0.3, 0.4) is 0 Å². The van der Waals surface area contributed by atoms with E-state index in [1.165, 1.54) is 55.2 Å². The summed E-state index contributed by atoms with van der Waals surface area (Å²) in [6.07, 6.45) is 8.80. The summed E-state index contributed by atoms with van der Waals surface area (Å²) in [4.78, 5) is 0. The molecule has 0 atom stereocenters. The largest absolute Gasteiger partial charge is 0.0979 e. The Morgan fingerprint density at radius 1 is 1.06 bits per heavy atom. The lowest BCUT2D eigenvalue weighted by atomic mass is 9.87. The van der Waals surface area contributed by atoms with E-state index in [4.69, 9.17) is 0 Å². The smallest absolute Gasteiger partial charge is 0.0248 e. The Labute approximate surface area is 99.1 Å². The molecule has 0 aromatic heterocycles. The number of rotatable bonds is 4. The molecule has 0 heteroatoms. The van der Waals surface area contributed by atoms with Gasteiger partial charge in [0.1, 0.15) is 0 Å². The summed E-state index contributed by atoms with van der Waals surface area (Å²) in [7, 11) is 0. The average molecular weight is 212 g/mol. The maximum absolute atomic E-state index is 3.28. The molecule has 2 rings (SSSR count). The Morgan fingerprint density at radius 3 is 2.62 bits per heavy atom. The normalized spacial score (nSPS) is 12.3. The van der Waals surface area contributed by atoms with Gasteiger partial charge in [-0.05, 0) is 42.5 Å². The Morgan fingerprint density at radius 2 is 1.94 bits per heavy atom. The molecule has 84 valence electrons.